The SMILES string of the molecule is COc1cc(/C=C/C(=O)OC[C@H]2O[C@@H](O[C@H]3CC[C@@]4(C)[C@@H](CC[C@@H]5[C@@H]4CC[C@]4(C)[C@@H](C6=CC(=O)OC6)CC[C@]54O)C3)[C@H](O)[C@@H](O)[C@@H]2O)ccc1O. The number of methoxy groups -OCH3 is 1. The molecule has 1 aromatic rings. The van der Waals surface area contributed by atoms with Gasteiger partial charge in [-0.05, 0) is 116 Å². The van der Waals surface area contributed by atoms with Gasteiger partial charge in [0.25, 0.3) is 0 Å². The average Bonchev–Trinajstić information content (AvgIpc) is 3.66. The zero-order chi connectivity index (χ0) is 36.3. The summed E-state index contributed by atoms with van der Waals surface area (Å²) >= 11 is 0. The van der Waals surface area contributed by atoms with Crippen LogP contribution in [0.25, 0.3) is 6.08 Å². The highest BCUT2D eigenvalue weighted by Crippen LogP contribution is 2.70. The lowest BCUT2D eigenvalue weighted by molar-refractivity contribution is -0.317. The molecule has 12 heteroatoms. The van der Waals surface area contributed by atoms with E-state index in [2.05, 4.69) is 13.8 Å². The van der Waals surface area contributed by atoms with Crippen molar-refractivity contribution in [3.63, 3.8) is 0 Å². The van der Waals surface area contributed by atoms with Gasteiger partial charge in [-0.2, -0.15) is 0 Å². The summed E-state index contributed by atoms with van der Waals surface area (Å²) in [5.74, 6) is 0.278. The van der Waals surface area contributed by atoms with Gasteiger partial charge in [-0.15, -0.1) is 0 Å². The van der Waals surface area contributed by atoms with E-state index in [4.69, 9.17) is 23.7 Å². The Morgan fingerprint density at radius 1 is 1.00 bits per heavy atom. The number of carbonyl (C=O) groups excluding carboxylic acids is 2. The minimum absolute atomic E-state index is 0.0148. The molecule has 0 unspecified atom stereocenters. The fourth-order valence-electron chi connectivity index (χ4n) is 11.0. The first kappa shape index (κ1) is 36.4. The third-order valence-electron chi connectivity index (χ3n) is 13.9. The molecule has 5 N–H and O–H groups in total. The lowest BCUT2D eigenvalue weighted by Crippen LogP contribution is -2.63. The molecule has 0 amide bonds. The van der Waals surface area contributed by atoms with Gasteiger partial charge in [0.1, 0.15) is 37.6 Å². The Balaban J connectivity index is 0.959. The molecule has 6 aliphatic rings. The highest BCUT2D eigenvalue weighted by atomic mass is 16.7. The van der Waals surface area contributed by atoms with Crippen LogP contribution in [-0.2, 0) is 28.5 Å². The summed E-state index contributed by atoms with van der Waals surface area (Å²) in [5, 5.41) is 54.4. The summed E-state index contributed by atoms with van der Waals surface area (Å²) < 4.78 is 27.9. The number of hydrogen-bond acceptors (Lipinski definition) is 12. The van der Waals surface area contributed by atoms with Gasteiger partial charge >= 0.3 is 11.9 Å². The number of aromatic hydroxyl groups is 1. The summed E-state index contributed by atoms with van der Waals surface area (Å²) in [5.41, 5.74) is 0.554. The van der Waals surface area contributed by atoms with Crippen LogP contribution in [0.15, 0.2) is 35.9 Å². The minimum Gasteiger partial charge on any atom is -0.504 e. The number of phenols is 1. The van der Waals surface area contributed by atoms with Gasteiger partial charge < -0.3 is 49.2 Å². The number of hydrogen-bond donors (Lipinski definition) is 5. The van der Waals surface area contributed by atoms with Gasteiger partial charge in [-0.1, -0.05) is 19.9 Å². The Morgan fingerprint density at radius 3 is 2.55 bits per heavy atom. The first-order valence-electron chi connectivity index (χ1n) is 18.4. The highest BCUT2D eigenvalue weighted by Gasteiger charge is 2.67. The van der Waals surface area contributed by atoms with Crippen LogP contribution in [0.2, 0.25) is 0 Å². The number of cyclic esters (lactones) is 1. The summed E-state index contributed by atoms with van der Waals surface area (Å²) in [6, 6.07) is 4.60. The number of aliphatic hydroxyl groups is 4. The largest absolute Gasteiger partial charge is 0.504 e. The quantitative estimate of drug-likeness (QED) is 0.151. The maximum absolute atomic E-state index is 12.5. The molecule has 13 atom stereocenters. The van der Waals surface area contributed by atoms with E-state index < -0.39 is 42.3 Å². The second-order valence-electron chi connectivity index (χ2n) is 16.2. The first-order valence-corrected chi connectivity index (χ1v) is 18.4. The number of esters is 2. The van der Waals surface area contributed by atoms with E-state index in [1.807, 2.05) is 0 Å². The van der Waals surface area contributed by atoms with E-state index in [0.717, 1.165) is 63.4 Å². The molecule has 4 aliphatic carbocycles. The van der Waals surface area contributed by atoms with Crippen LogP contribution in [0.3, 0.4) is 0 Å². The third kappa shape index (κ3) is 6.29. The molecule has 7 rings (SSSR count). The van der Waals surface area contributed by atoms with Gasteiger partial charge in [0.15, 0.2) is 17.8 Å². The van der Waals surface area contributed by atoms with Crippen molar-refractivity contribution in [2.45, 2.75) is 114 Å². The lowest BCUT2D eigenvalue weighted by atomic mass is 9.43. The Kier molecular flexibility index (Phi) is 9.81. The topological polar surface area (TPSA) is 181 Å². The van der Waals surface area contributed by atoms with E-state index in [1.165, 1.54) is 25.3 Å². The summed E-state index contributed by atoms with van der Waals surface area (Å²) in [4.78, 5) is 24.4. The first-order chi connectivity index (χ1) is 24.3. The van der Waals surface area contributed by atoms with Crippen LogP contribution < -0.4 is 4.74 Å². The number of benzene rings is 1. The molecule has 12 nitrogen and oxygen atoms in total. The second kappa shape index (κ2) is 13.8. The number of ether oxygens (including phenoxy) is 5. The summed E-state index contributed by atoms with van der Waals surface area (Å²) in [7, 11) is 1.42. The molecule has 2 heterocycles. The minimum atomic E-state index is -1.56. The fraction of sp³-hybridized carbons (Fsp3) is 0.692. The number of aliphatic hydroxyl groups excluding tert-OH is 3. The number of rotatable bonds is 8. The second-order valence-corrected chi connectivity index (χ2v) is 16.2. The van der Waals surface area contributed by atoms with Crippen molar-refractivity contribution in [2.75, 3.05) is 20.3 Å². The predicted molar refractivity (Wildman–Crippen MR) is 182 cm³/mol. The Labute approximate surface area is 298 Å². The molecule has 0 bridgehead atoms. The van der Waals surface area contributed by atoms with Gasteiger partial charge in [0, 0.05) is 17.6 Å². The van der Waals surface area contributed by atoms with Gasteiger partial charge in [-0.3, -0.25) is 0 Å². The predicted octanol–water partition coefficient (Wildman–Crippen LogP) is 3.41. The average molecular weight is 713 g/mol. The molecule has 2 aliphatic heterocycles. The van der Waals surface area contributed by atoms with Crippen LogP contribution in [0, 0.1) is 34.5 Å². The van der Waals surface area contributed by atoms with Crippen LogP contribution in [0.1, 0.15) is 77.2 Å². The van der Waals surface area contributed by atoms with Crippen molar-refractivity contribution >= 4 is 18.0 Å². The highest BCUT2D eigenvalue weighted by molar-refractivity contribution is 5.87. The standard InChI is InChI=1S/C39H52O12/c1-37-13-10-24(18-23(37)6-7-27-26(37)11-14-38(2)25(12-15-39(27,38)46)22-17-32(42)48-19-22)50-36-35(45)34(44)33(43)30(51-36)20-49-31(41)9-5-21-4-8-28(40)29(16-21)47-3/h4-5,8-9,16-17,23-27,30,33-36,40,43-46H,6-7,10-15,18-20H2,1-3H3/b9-5+/t23-,24-,25+,26-,27+,30+,33+,34-,35+,36+,37-,38+,39-/m0/s1. The number of phenolic OH excluding ortho intramolecular Hbond substituents is 1. The number of fused-ring (bicyclic) bond motifs is 5. The van der Waals surface area contributed by atoms with Crippen molar-refractivity contribution in [1.29, 1.82) is 0 Å². The van der Waals surface area contributed by atoms with Gasteiger partial charge in [0.05, 0.1) is 18.8 Å². The molecule has 280 valence electrons. The molecule has 51 heavy (non-hydrogen) atoms. The van der Waals surface area contributed by atoms with Crippen molar-refractivity contribution in [1.82, 2.24) is 0 Å². The molecular formula is C39H52O12. The smallest absolute Gasteiger partial charge is 0.331 e. The van der Waals surface area contributed by atoms with Crippen molar-refractivity contribution in [2.24, 2.45) is 34.5 Å². The fourth-order valence-corrected chi connectivity index (χ4v) is 11.0. The molecule has 0 aromatic heterocycles. The van der Waals surface area contributed by atoms with Crippen molar-refractivity contribution < 1.29 is 58.8 Å². The van der Waals surface area contributed by atoms with Crippen LogP contribution in [0.5, 0.6) is 11.5 Å². The van der Waals surface area contributed by atoms with Crippen molar-refractivity contribution in [3.05, 3.63) is 41.5 Å². The molecule has 5 fully saturated rings. The Morgan fingerprint density at radius 2 is 1.80 bits per heavy atom. The summed E-state index contributed by atoms with van der Waals surface area (Å²) in [6.45, 7) is 4.56. The van der Waals surface area contributed by atoms with E-state index in [1.54, 1.807) is 18.2 Å². The number of carbonyl (C=O) groups is 2. The van der Waals surface area contributed by atoms with E-state index in [-0.39, 0.29) is 52.8 Å². The Bertz CT molecular complexity index is 1560. The molecule has 1 aromatic carbocycles. The van der Waals surface area contributed by atoms with E-state index in [0.29, 0.717) is 24.0 Å². The molecular weight excluding hydrogens is 660 g/mol. The zero-order valence-electron chi connectivity index (χ0n) is 29.6. The van der Waals surface area contributed by atoms with E-state index >= 15 is 0 Å². The molecule has 0 spiro atoms. The normalized spacial score (nSPS) is 43.5. The maximum atomic E-state index is 12.5. The molecule has 4 saturated carbocycles. The van der Waals surface area contributed by atoms with E-state index in [9.17, 15) is 35.1 Å². The third-order valence-corrected chi connectivity index (χ3v) is 13.9. The monoisotopic (exact) mass is 712 g/mol. The molecule has 1 saturated heterocycles. The Hall–Kier alpha value is -3.00. The molecule has 0 radical (unpaired) electrons. The van der Waals surface area contributed by atoms with Gasteiger partial charge in [-0.25, -0.2) is 9.59 Å². The van der Waals surface area contributed by atoms with Crippen LogP contribution in [0.4, 0.5) is 0 Å². The zero-order valence-corrected chi connectivity index (χ0v) is 29.6. The van der Waals surface area contributed by atoms with Crippen LogP contribution in [-0.4, -0.2) is 100 Å². The summed E-state index contributed by atoms with van der Waals surface area (Å²) in [6.07, 6.45) is 4.94. The maximum Gasteiger partial charge on any atom is 0.331 e. The van der Waals surface area contributed by atoms with Gasteiger partial charge in [0.2, 0.25) is 0 Å². The van der Waals surface area contributed by atoms with Crippen LogP contribution >= 0.6 is 0 Å². The lowest BCUT2D eigenvalue weighted by Gasteiger charge is -2.64. The van der Waals surface area contributed by atoms with Crippen molar-refractivity contribution in [3.8, 4) is 11.5 Å².